The molecule has 3 heteroatoms. The summed E-state index contributed by atoms with van der Waals surface area (Å²) in [6.45, 7) is 1.08. The van der Waals surface area contributed by atoms with Crippen LogP contribution in [0.15, 0.2) is 66.7 Å². The molecule has 0 atom stereocenters. The maximum atomic E-state index is 10.1. The summed E-state index contributed by atoms with van der Waals surface area (Å²) in [6.07, 6.45) is 0.758. The Bertz CT molecular complexity index is 760. The highest BCUT2D eigenvalue weighted by Crippen LogP contribution is 2.29. The molecule has 3 nitrogen and oxygen atoms in total. The zero-order chi connectivity index (χ0) is 15.9. The van der Waals surface area contributed by atoms with Gasteiger partial charge in [0.25, 0.3) is 5.97 Å². The maximum Gasteiger partial charge on any atom is 0.300 e. The Kier molecular flexibility index (Phi) is 5.15. The monoisotopic (exact) mass is 294 g/mol. The van der Waals surface area contributed by atoms with Gasteiger partial charge in [0.15, 0.2) is 0 Å². The van der Waals surface area contributed by atoms with Crippen molar-refractivity contribution in [2.75, 3.05) is 0 Å². The maximum absolute atomic E-state index is 10.1. The van der Waals surface area contributed by atoms with E-state index in [1.54, 1.807) is 6.07 Å². The number of fused-ring (bicyclic) bond motifs is 1. The van der Waals surface area contributed by atoms with Crippen LogP contribution in [0.25, 0.3) is 10.8 Å². The van der Waals surface area contributed by atoms with Crippen molar-refractivity contribution in [1.82, 2.24) is 0 Å². The van der Waals surface area contributed by atoms with Gasteiger partial charge in [0.2, 0.25) is 0 Å². The van der Waals surface area contributed by atoms with Gasteiger partial charge in [0, 0.05) is 18.9 Å². The number of hydrogen-bond acceptors (Lipinski definition) is 2. The third-order valence-corrected chi connectivity index (χ3v) is 3.24. The summed E-state index contributed by atoms with van der Waals surface area (Å²) in [6, 6.07) is 22.1. The Labute approximate surface area is 129 Å². The third-order valence-electron chi connectivity index (χ3n) is 3.24. The first-order chi connectivity index (χ1) is 10.6. The summed E-state index contributed by atoms with van der Waals surface area (Å²) >= 11 is 0. The number of phenols is 1. The first-order valence-corrected chi connectivity index (χ1v) is 7.01. The molecular formula is C19H18O3. The van der Waals surface area contributed by atoms with E-state index in [2.05, 4.69) is 24.3 Å². The van der Waals surface area contributed by atoms with Gasteiger partial charge in [-0.1, -0.05) is 60.7 Å². The Morgan fingerprint density at radius 1 is 0.909 bits per heavy atom. The lowest BCUT2D eigenvalue weighted by Gasteiger charge is -2.09. The molecule has 0 heterocycles. The SMILES string of the molecule is CC(=O)O.Oc1ccc2ccccc2c1Cc1ccccc1. The smallest absolute Gasteiger partial charge is 0.300 e. The summed E-state index contributed by atoms with van der Waals surface area (Å²) in [5.74, 6) is -0.461. The largest absolute Gasteiger partial charge is 0.508 e. The highest BCUT2D eigenvalue weighted by Gasteiger charge is 2.07. The predicted molar refractivity (Wildman–Crippen MR) is 88.2 cm³/mol. The van der Waals surface area contributed by atoms with E-state index in [1.807, 2.05) is 36.4 Å². The second kappa shape index (κ2) is 7.27. The second-order valence-corrected chi connectivity index (χ2v) is 4.97. The Balaban J connectivity index is 0.000000396. The van der Waals surface area contributed by atoms with Gasteiger partial charge in [-0.3, -0.25) is 4.79 Å². The molecule has 2 N–H and O–H groups in total. The number of aromatic hydroxyl groups is 1. The molecule has 0 radical (unpaired) electrons. The first kappa shape index (κ1) is 15.6. The number of carboxylic acid groups (broad SMARTS) is 1. The second-order valence-electron chi connectivity index (χ2n) is 4.97. The van der Waals surface area contributed by atoms with E-state index in [4.69, 9.17) is 9.90 Å². The van der Waals surface area contributed by atoms with Gasteiger partial charge in [0.1, 0.15) is 5.75 Å². The van der Waals surface area contributed by atoms with Gasteiger partial charge in [-0.2, -0.15) is 0 Å². The van der Waals surface area contributed by atoms with Crippen LogP contribution in [0.4, 0.5) is 0 Å². The van der Waals surface area contributed by atoms with E-state index in [0.29, 0.717) is 5.75 Å². The lowest BCUT2D eigenvalue weighted by Crippen LogP contribution is -1.90. The average molecular weight is 294 g/mol. The Morgan fingerprint density at radius 2 is 1.50 bits per heavy atom. The molecule has 3 aromatic rings. The van der Waals surface area contributed by atoms with Crippen LogP contribution in [0.3, 0.4) is 0 Å². The minimum Gasteiger partial charge on any atom is -0.508 e. The molecule has 0 amide bonds. The van der Waals surface area contributed by atoms with Crippen LogP contribution < -0.4 is 0 Å². The molecule has 0 aliphatic rings. The predicted octanol–water partition coefficient (Wildman–Crippen LogP) is 4.23. The van der Waals surface area contributed by atoms with Crippen molar-refractivity contribution in [3.8, 4) is 5.75 Å². The van der Waals surface area contributed by atoms with Gasteiger partial charge in [-0.05, 0) is 22.4 Å². The normalized spacial score (nSPS) is 9.86. The summed E-state index contributed by atoms with van der Waals surface area (Å²) < 4.78 is 0. The van der Waals surface area contributed by atoms with Gasteiger partial charge >= 0.3 is 0 Å². The van der Waals surface area contributed by atoms with E-state index in [9.17, 15) is 5.11 Å². The van der Waals surface area contributed by atoms with E-state index >= 15 is 0 Å². The van der Waals surface area contributed by atoms with Crippen molar-refractivity contribution in [1.29, 1.82) is 0 Å². The Hall–Kier alpha value is -2.81. The van der Waals surface area contributed by atoms with E-state index in [1.165, 1.54) is 10.9 Å². The molecule has 22 heavy (non-hydrogen) atoms. The third kappa shape index (κ3) is 4.09. The summed E-state index contributed by atoms with van der Waals surface area (Å²) in [5.41, 5.74) is 2.21. The van der Waals surface area contributed by atoms with Gasteiger partial charge in [-0.15, -0.1) is 0 Å². The van der Waals surface area contributed by atoms with Gasteiger partial charge in [-0.25, -0.2) is 0 Å². The number of phenolic OH excluding ortho intramolecular Hbond substituents is 1. The van der Waals surface area contributed by atoms with E-state index in [-0.39, 0.29) is 0 Å². The molecule has 0 aliphatic heterocycles. The fraction of sp³-hybridized carbons (Fsp3) is 0.105. The zero-order valence-corrected chi connectivity index (χ0v) is 12.4. The van der Waals surface area contributed by atoms with E-state index < -0.39 is 5.97 Å². The van der Waals surface area contributed by atoms with Crippen LogP contribution in [-0.2, 0) is 11.2 Å². The van der Waals surface area contributed by atoms with Gasteiger partial charge < -0.3 is 10.2 Å². The number of benzene rings is 3. The molecule has 0 spiro atoms. The molecule has 0 unspecified atom stereocenters. The lowest BCUT2D eigenvalue weighted by molar-refractivity contribution is -0.134. The topological polar surface area (TPSA) is 57.5 Å². The van der Waals surface area contributed by atoms with Crippen LogP contribution in [0.2, 0.25) is 0 Å². The standard InChI is InChI=1S/C17H14O.C2H4O2/c18-17-11-10-14-8-4-5-9-15(14)16(17)12-13-6-2-1-3-7-13;1-2(3)4/h1-11,18H,12H2;1H3,(H,3,4). The lowest BCUT2D eigenvalue weighted by atomic mass is 9.97. The average Bonchev–Trinajstić information content (AvgIpc) is 2.51. The number of carboxylic acids is 1. The summed E-state index contributed by atoms with van der Waals surface area (Å²) in [4.78, 5) is 9.00. The van der Waals surface area contributed by atoms with Crippen molar-refractivity contribution in [3.05, 3.63) is 77.9 Å². The molecule has 0 aromatic heterocycles. The fourth-order valence-corrected chi connectivity index (χ4v) is 2.31. The summed E-state index contributed by atoms with van der Waals surface area (Å²) in [7, 11) is 0. The van der Waals surface area contributed by atoms with Gasteiger partial charge in [0.05, 0.1) is 0 Å². The highest BCUT2D eigenvalue weighted by atomic mass is 16.4. The molecule has 112 valence electrons. The van der Waals surface area contributed by atoms with Crippen molar-refractivity contribution in [2.24, 2.45) is 0 Å². The van der Waals surface area contributed by atoms with Crippen LogP contribution in [0, 0.1) is 0 Å². The van der Waals surface area contributed by atoms with E-state index in [0.717, 1.165) is 24.3 Å². The molecule has 3 aromatic carbocycles. The quantitative estimate of drug-likeness (QED) is 0.743. The van der Waals surface area contributed by atoms with Crippen LogP contribution in [0.5, 0.6) is 5.75 Å². The molecule has 0 aliphatic carbocycles. The van der Waals surface area contributed by atoms with Crippen molar-refractivity contribution < 1.29 is 15.0 Å². The number of carbonyl (C=O) groups is 1. The summed E-state index contributed by atoms with van der Waals surface area (Å²) in [5, 5.41) is 19.8. The zero-order valence-electron chi connectivity index (χ0n) is 12.4. The van der Waals surface area contributed by atoms with Crippen molar-refractivity contribution in [2.45, 2.75) is 13.3 Å². The molecule has 0 bridgehead atoms. The minimum atomic E-state index is -0.833. The molecule has 0 saturated heterocycles. The highest BCUT2D eigenvalue weighted by molar-refractivity contribution is 5.88. The number of rotatable bonds is 2. The molecule has 0 fully saturated rings. The Morgan fingerprint density at radius 3 is 2.18 bits per heavy atom. The van der Waals surface area contributed by atoms with Crippen LogP contribution >= 0.6 is 0 Å². The van der Waals surface area contributed by atoms with Crippen LogP contribution in [-0.4, -0.2) is 16.2 Å². The molecule has 0 saturated carbocycles. The fourth-order valence-electron chi connectivity index (χ4n) is 2.31. The number of aliphatic carboxylic acids is 1. The molecular weight excluding hydrogens is 276 g/mol. The van der Waals surface area contributed by atoms with Crippen LogP contribution in [0.1, 0.15) is 18.1 Å². The first-order valence-electron chi connectivity index (χ1n) is 7.01. The molecule has 3 rings (SSSR count). The minimum absolute atomic E-state index is 0.373. The number of hydrogen-bond donors (Lipinski definition) is 2. The van der Waals surface area contributed by atoms with Crippen molar-refractivity contribution >= 4 is 16.7 Å². The van der Waals surface area contributed by atoms with Crippen molar-refractivity contribution in [3.63, 3.8) is 0 Å².